The number of rotatable bonds is 6. The van der Waals surface area contributed by atoms with Crippen molar-refractivity contribution in [3.05, 3.63) is 24.3 Å². The van der Waals surface area contributed by atoms with Crippen molar-refractivity contribution in [2.75, 3.05) is 13.2 Å². The number of benzene rings is 1. The summed E-state index contributed by atoms with van der Waals surface area (Å²) in [5.74, 6) is 0. The topological polar surface area (TPSA) is 52.6 Å². The van der Waals surface area contributed by atoms with Gasteiger partial charge in [-0.15, -0.1) is 0 Å². The van der Waals surface area contributed by atoms with E-state index in [0.717, 1.165) is 0 Å². The van der Waals surface area contributed by atoms with E-state index in [1.807, 2.05) is 13.8 Å². The van der Waals surface area contributed by atoms with Gasteiger partial charge in [0, 0.05) is 16.0 Å². The Hall–Kier alpha value is -0.190. The predicted molar refractivity (Wildman–Crippen MR) is 69.3 cm³/mol. The van der Waals surface area contributed by atoms with E-state index in [1.165, 1.54) is 6.07 Å². The molecule has 0 aromatic heterocycles. The van der Waals surface area contributed by atoms with E-state index < -0.39 is 17.4 Å². The van der Waals surface area contributed by atoms with Crippen LogP contribution in [-0.2, 0) is 18.1 Å². The monoisotopic (exact) mass is 296 g/mol. The molecule has 0 atom stereocenters. The summed E-state index contributed by atoms with van der Waals surface area (Å²) in [5.41, 5.74) is 0. The van der Waals surface area contributed by atoms with Crippen molar-refractivity contribution >= 4 is 33.4 Å². The Bertz CT molecular complexity index is 457. The summed E-state index contributed by atoms with van der Waals surface area (Å²) in [7, 11) is 0.188. The Labute approximate surface area is 107 Å². The lowest BCUT2D eigenvalue weighted by molar-refractivity contribution is 0.277. The van der Waals surface area contributed by atoms with Gasteiger partial charge in [0.2, 0.25) is 8.38 Å². The van der Waals surface area contributed by atoms with Crippen LogP contribution in [0.4, 0.5) is 0 Å². The number of hydrogen-bond acceptors (Lipinski definition) is 4. The molecule has 0 aliphatic rings. The summed E-state index contributed by atoms with van der Waals surface area (Å²) < 4.78 is 33.7. The van der Waals surface area contributed by atoms with Gasteiger partial charge in [-0.05, 0) is 26.0 Å². The standard InChI is InChI=1S/C10H14ClO4PS/c1-3-14-16(15-4-2)9-7-5-6-8-10(9)17(11,12)13/h5-8H,3-4H2,1-2H3. The van der Waals surface area contributed by atoms with Gasteiger partial charge < -0.3 is 9.05 Å². The van der Waals surface area contributed by atoms with Crippen molar-refractivity contribution in [3.63, 3.8) is 0 Å². The average Bonchev–Trinajstić information content (AvgIpc) is 2.28. The third-order valence-corrected chi connectivity index (χ3v) is 5.12. The zero-order valence-electron chi connectivity index (χ0n) is 9.59. The van der Waals surface area contributed by atoms with Crippen LogP contribution in [0, 0.1) is 0 Å². The second-order valence-corrected chi connectivity index (χ2v) is 7.05. The van der Waals surface area contributed by atoms with Crippen molar-refractivity contribution in [3.8, 4) is 0 Å². The Balaban J connectivity index is 3.18. The molecule has 17 heavy (non-hydrogen) atoms. The third-order valence-electron chi connectivity index (χ3n) is 1.82. The summed E-state index contributed by atoms with van der Waals surface area (Å²) in [6.07, 6.45) is 0. The van der Waals surface area contributed by atoms with Crippen molar-refractivity contribution in [1.29, 1.82) is 0 Å². The van der Waals surface area contributed by atoms with Gasteiger partial charge in [0.25, 0.3) is 9.05 Å². The second kappa shape index (κ2) is 6.66. The first-order valence-corrected chi connectivity index (χ1v) is 8.59. The molecule has 0 aliphatic carbocycles. The Morgan fingerprint density at radius 3 is 2.18 bits per heavy atom. The van der Waals surface area contributed by atoms with E-state index in [0.29, 0.717) is 18.5 Å². The van der Waals surface area contributed by atoms with Crippen molar-refractivity contribution in [2.24, 2.45) is 0 Å². The van der Waals surface area contributed by atoms with Crippen LogP contribution in [0.1, 0.15) is 13.8 Å². The fourth-order valence-electron chi connectivity index (χ4n) is 1.23. The van der Waals surface area contributed by atoms with Gasteiger partial charge in [0.05, 0.1) is 18.1 Å². The van der Waals surface area contributed by atoms with Crippen LogP contribution >= 0.6 is 19.1 Å². The molecule has 0 heterocycles. The largest absolute Gasteiger partial charge is 0.331 e. The molecule has 0 bridgehead atoms. The SMILES string of the molecule is CCOP(OCC)c1ccccc1S(=O)(=O)Cl. The molecule has 0 spiro atoms. The molecule has 0 N–H and O–H groups in total. The first-order valence-electron chi connectivity index (χ1n) is 5.10. The predicted octanol–water partition coefficient (Wildman–Crippen LogP) is 2.62. The highest BCUT2D eigenvalue weighted by Crippen LogP contribution is 2.39. The van der Waals surface area contributed by atoms with E-state index in [9.17, 15) is 8.42 Å². The molecule has 4 nitrogen and oxygen atoms in total. The molecular weight excluding hydrogens is 283 g/mol. The fraction of sp³-hybridized carbons (Fsp3) is 0.400. The zero-order chi connectivity index (χ0) is 12.9. The highest BCUT2D eigenvalue weighted by molar-refractivity contribution is 8.14. The highest BCUT2D eigenvalue weighted by Gasteiger charge is 2.23. The summed E-state index contributed by atoms with van der Waals surface area (Å²) in [6, 6.07) is 6.45. The maximum Gasteiger partial charge on any atom is 0.262 e. The lowest BCUT2D eigenvalue weighted by Gasteiger charge is -2.17. The number of halogens is 1. The van der Waals surface area contributed by atoms with Crippen molar-refractivity contribution in [1.82, 2.24) is 0 Å². The van der Waals surface area contributed by atoms with Crippen molar-refractivity contribution < 1.29 is 17.5 Å². The molecule has 0 saturated carbocycles. The van der Waals surface area contributed by atoms with Gasteiger partial charge in [0.15, 0.2) is 0 Å². The normalized spacial score (nSPS) is 12.0. The maximum absolute atomic E-state index is 11.4. The molecule has 1 aromatic carbocycles. The minimum Gasteiger partial charge on any atom is -0.331 e. The molecule has 1 rings (SSSR count). The molecule has 96 valence electrons. The quantitative estimate of drug-likeness (QED) is 0.598. The van der Waals surface area contributed by atoms with Gasteiger partial charge >= 0.3 is 0 Å². The second-order valence-electron chi connectivity index (χ2n) is 3.00. The first kappa shape index (κ1) is 14.9. The summed E-state index contributed by atoms with van der Waals surface area (Å²) >= 11 is 0. The lowest BCUT2D eigenvalue weighted by atomic mass is 10.4. The lowest BCUT2D eigenvalue weighted by Crippen LogP contribution is -2.13. The molecule has 0 aliphatic heterocycles. The van der Waals surface area contributed by atoms with E-state index in [-0.39, 0.29) is 4.90 Å². The number of hydrogen-bond donors (Lipinski definition) is 0. The summed E-state index contributed by atoms with van der Waals surface area (Å²) in [5, 5.41) is 0.487. The van der Waals surface area contributed by atoms with Crippen LogP contribution in [0.3, 0.4) is 0 Å². The van der Waals surface area contributed by atoms with Crippen LogP contribution in [-0.4, -0.2) is 21.6 Å². The fourth-order valence-corrected chi connectivity index (χ4v) is 4.22. The average molecular weight is 297 g/mol. The van der Waals surface area contributed by atoms with Crippen LogP contribution in [0.2, 0.25) is 0 Å². The molecule has 0 radical (unpaired) electrons. The molecular formula is C10H14ClO4PS. The van der Waals surface area contributed by atoms with Gasteiger partial charge in [-0.2, -0.15) is 0 Å². The minimum atomic E-state index is -3.79. The third kappa shape index (κ3) is 4.19. The summed E-state index contributed by atoms with van der Waals surface area (Å²) in [4.78, 5) is 0.0506. The van der Waals surface area contributed by atoms with Crippen LogP contribution < -0.4 is 5.30 Å². The Kier molecular flexibility index (Phi) is 5.83. The molecule has 0 saturated heterocycles. The summed E-state index contributed by atoms with van der Waals surface area (Å²) in [6.45, 7) is 4.54. The van der Waals surface area contributed by atoms with Gasteiger partial charge in [-0.25, -0.2) is 8.42 Å². The van der Waals surface area contributed by atoms with Crippen LogP contribution in [0.15, 0.2) is 29.2 Å². The van der Waals surface area contributed by atoms with Gasteiger partial charge in [-0.3, -0.25) is 0 Å². The van der Waals surface area contributed by atoms with Crippen molar-refractivity contribution in [2.45, 2.75) is 18.7 Å². The first-order chi connectivity index (χ1) is 8.00. The maximum atomic E-state index is 11.4. The van der Waals surface area contributed by atoms with E-state index in [2.05, 4.69) is 0 Å². The van der Waals surface area contributed by atoms with Crippen LogP contribution in [0.5, 0.6) is 0 Å². The molecule has 0 amide bonds. The smallest absolute Gasteiger partial charge is 0.262 e. The Morgan fingerprint density at radius 1 is 1.18 bits per heavy atom. The minimum absolute atomic E-state index is 0.0506. The van der Waals surface area contributed by atoms with E-state index >= 15 is 0 Å². The zero-order valence-corrected chi connectivity index (χ0v) is 12.1. The van der Waals surface area contributed by atoms with Gasteiger partial charge in [-0.1, -0.05) is 12.1 Å². The Morgan fingerprint density at radius 2 is 1.71 bits per heavy atom. The molecule has 0 unspecified atom stereocenters. The van der Waals surface area contributed by atoms with E-state index in [1.54, 1.807) is 18.2 Å². The van der Waals surface area contributed by atoms with Gasteiger partial charge in [0.1, 0.15) is 0 Å². The molecule has 0 fully saturated rings. The van der Waals surface area contributed by atoms with Crippen LogP contribution in [0.25, 0.3) is 0 Å². The highest BCUT2D eigenvalue weighted by atomic mass is 35.7. The van der Waals surface area contributed by atoms with E-state index in [4.69, 9.17) is 19.7 Å². The molecule has 1 aromatic rings. The molecule has 7 heteroatoms.